The van der Waals surface area contributed by atoms with E-state index < -0.39 is 0 Å². The molecular weight excluding hydrogens is 228 g/mol. The van der Waals surface area contributed by atoms with Gasteiger partial charge in [0.15, 0.2) is 5.96 Å². The van der Waals surface area contributed by atoms with Gasteiger partial charge in [-0.15, -0.1) is 0 Å². The minimum absolute atomic E-state index is 0.112. The molecule has 1 atom stereocenters. The minimum atomic E-state index is -0.185. The number of benzene rings is 1. The normalized spacial score (nSPS) is 19.9. The van der Waals surface area contributed by atoms with Gasteiger partial charge in [-0.25, -0.2) is 4.99 Å². The number of nitrogens with zero attached hydrogens (tertiary/aromatic N) is 2. The fraction of sp³-hybridized carbons (Fsp3) is 0.462. The maximum atomic E-state index is 9.53. The Morgan fingerprint density at radius 1 is 1.33 bits per heavy atom. The molecule has 0 spiro atoms. The van der Waals surface area contributed by atoms with Gasteiger partial charge < -0.3 is 16.6 Å². The molecule has 0 aromatic heterocycles. The highest BCUT2D eigenvalue weighted by atomic mass is 16.3. The van der Waals surface area contributed by atoms with Crippen molar-refractivity contribution in [2.45, 2.75) is 25.6 Å². The highest BCUT2D eigenvalue weighted by Gasteiger charge is 2.20. The lowest BCUT2D eigenvalue weighted by atomic mass is 10.1. The summed E-state index contributed by atoms with van der Waals surface area (Å²) >= 11 is 0. The van der Waals surface area contributed by atoms with E-state index in [2.05, 4.69) is 16.0 Å². The molecule has 1 aromatic rings. The van der Waals surface area contributed by atoms with Gasteiger partial charge in [0.25, 0.3) is 0 Å². The number of aliphatic hydroxyl groups is 1. The van der Waals surface area contributed by atoms with Gasteiger partial charge in [-0.1, -0.05) is 24.3 Å². The molecule has 1 aliphatic rings. The molecule has 98 valence electrons. The molecule has 1 unspecified atom stereocenters. The molecule has 2 rings (SSSR count). The molecule has 0 amide bonds. The van der Waals surface area contributed by atoms with Crippen molar-refractivity contribution in [2.24, 2.45) is 16.5 Å². The van der Waals surface area contributed by atoms with Crippen LogP contribution in [0.4, 0.5) is 0 Å². The summed E-state index contributed by atoms with van der Waals surface area (Å²) in [7, 11) is 0. The summed E-state index contributed by atoms with van der Waals surface area (Å²) in [5.74, 6) is 0.112. The van der Waals surface area contributed by atoms with Crippen LogP contribution >= 0.6 is 0 Å². The van der Waals surface area contributed by atoms with Crippen LogP contribution in [0.25, 0.3) is 0 Å². The number of nitrogens with two attached hydrogens (primary N) is 2. The van der Waals surface area contributed by atoms with Crippen LogP contribution in [0.15, 0.2) is 29.3 Å². The van der Waals surface area contributed by atoms with Gasteiger partial charge in [0.05, 0.1) is 12.6 Å². The lowest BCUT2D eigenvalue weighted by Crippen LogP contribution is -2.23. The second-order valence-electron chi connectivity index (χ2n) is 4.69. The highest BCUT2D eigenvalue weighted by Crippen LogP contribution is 2.17. The molecule has 18 heavy (non-hydrogen) atoms. The Morgan fingerprint density at radius 2 is 2.06 bits per heavy atom. The molecule has 0 bridgehead atoms. The van der Waals surface area contributed by atoms with E-state index in [1.165, 1.54) is 5.56 Å². The first kappa shape index (κ1) is 12.9. The molecule has 0 radical (unpaired) electrons. The summed E-state index contributed by atoms with van der Waals surface area (Å²) in [4.78, 5) is 6.30. The molecule has 0 saturated carbocycles. The average Bonchev–Trinajstić information content (AvgIpc) is 2.73. The van der Waals surface area contributed by atoms with Gasteiger partial charge in [0.1, 0.15) is 0 Å². The molecule has 1 aromatic carbocycles. The summed E-state index contributed by atoms with van der Waals surface area (Å²) in [5.41, 5.74) is 13.1. The molecule has 5 N–H and O–H groups in total. The van der Waals surface area contributed by atoms with Crippen molar-refractivity contribution < 1.29 is 5.11 Å². The molecular formula is C13H20N4O. The van der Waals surface area contributed by atoms with Crippen LogP contribution in [0.1, 0.15) is 17.5 Å². The number of aliphatic imine (C=N–C) groups is 1. The molecule has 5 nitrogen and oxygen atoms in total. The summed E-state index contributed by atoms with van der Waals surface area (Å²) in [6.07, 6.45) is 0.672. The number of rotatable bonds is 4. The Kier molecular flexibility index (Phi) is 4.17. The first-order chi connectivity index (χ1) is 8.65. The van der Waals surface area contributed by atoms with Crippen molar-refractivity contribution in [2.75, 3.05) is 13.1 Å². The molecule has 1 aliphatic heterocycles. The van der Waals surface area contributed by atoms with E-state index >= 15 is 0 Å². The SMILES string of the molecule is NC(N)=NCc1ccccc1CN1CCC(O)C1. The Morgan fingerprint density at radius 3 is 2.67 bits per heavy atom. The van der Waals surface area contributed by atoms with E-state index in [1.54, 1.807) is 0 Å². The van der Waals surface area contributed by atoms with E-state index in [0.29, 0.717) is 6.54 Å². The maximum Gasteiger partial charge on any atom is 0.186 e. The van der Waals surface area contributed by atoms with Gasteiger partial charge >= 0.3 is 0 Å². The van der Waals surface area contributed by atoms with Crippen LogP contribution in [-0.4, -0.2) is 35.2 Å². The first-order valence-electron chi connectivity index (χ1n) is 6.18. The van der Waals surface area contributed by atoms with Crippen molar-refractivity contribution in [3.8, 4) is 0 Å². The average molecular weight is 248 g/mol. The zero-order valence-electron chi connectivity index (χ0n) is 10.4. The Hall–Kier alpha value is -1.59. The quantitative estimate of drug-likeness (QED) is 0.518. The fourth-order valence-electron chi connectivity index (χ4n) is 2.24. The monoisotopic (exact) mass is 248 g/mol. The van der Waals surface area contributed by atoms with Crippen molar-refractivity contribution >= 4 is 5.96 Å². The molecule has 1 saturated heterocycles. The fourth-order valence-corrected chi connectivity index (χ4v) is 2.24. The van der Waals surface area contributed by atoms with Gasteiger partial charge in [0.2, 0.25) is 0 Å². The van der Waals surface area contributed by atoms with Gasteiger partial charge in [-0.05, 0) is 17.5 Å². The number of hydrogen-bond donors (Lipinski definition) is 3. The zero-order valence-corrected chi connectivity index (χ0v) is 10.4. The number of guanidine groups is 1. The van der Waals surface area contributed by atoms with Gasteiger partial charge in [-0.2, -0.15) is 0 Å². The Bertz CT molecular complexity index is 429. The van der Waals surface area contributed by atoms with Crippen LogP contribution in [0, 0.1) is 0 Å². The summed E-state index contributed by atoms with van der Waals surface area (Å²) in [5, 5.41) is 9.53. The topological polar surface area (TPSA) is 87.9 Å². The predicted octanol–water partition coefficient (Wildman–Crippen LogP) is 0.0266. The molecule has 5 heteroatoms. The van der Waals surface area contributed by atoms with Crippen LogP contribution < -0.4 is 11.5 Å². The molecule has 1 heterocycles. The number of likely N-dealkylation sites (tertiary alicyclic amines) is 1. The second kappa shape index (κ2) is 5.84. The summed E-state index contributed by atoms with van der Waals surface area (Å²) in [6.45, 7) is 3.04. The van der Waals surface area contributed by atoms with Crippen molar-refractivity contribution in [3.05, 3.63) is 35.4 Å². The van der Waals surface area contributed by atoms with Gasteiger partial charge in [0, 0.05) is 19.6 Å². The van der Waals surface area contributed by atoms with E-state index in [0.717, 1.165) is 31.6 Å². The highest BCUT2D eigenvalue weighted by molar-refractivity contribution is 5.75. The summed E-state index contributed by atoms with van der Waals surface area (Å²) in [6, 6.07) is 8.12. The lowest BCUT2D eigenvalue weighted by molar-refractivity contribution is 0.174. The zero-order chi connectivity index (χ0) is 13.0. The minimum Gasteiger partial charge on any atom is -0.392 e. The van der Waals surface area contributed by atoms with E-state index in [1.807, 2.05) is 18.2 Å². The largest absolute Gasteiger partial charge is 0.392 e. The first-order valence-corrected chi connectivity index (χ1v) is 6.18. The smallest absolute Gasteiger partial charge is 0.186 e. The van der Waals surface area contributed by atoms with Crippen LogP contribution in [0.3, 0.4) is 0 Å². The summed E-state index contributed by atoms with van der Waals surface area (Å²) < 4.78 is 0. The number of β-amino-alcohol motifs (C(OH)–C–C–N with tert-alkyl or cyclic N) is 1. The van der Waals surface area contributed by atoms with Crippen molar-refractivity contribution in [1.29, 1.82) is 0 Å². The van der Waals surface area contributed by atoms with Crippen LogP contribution in [0.2, 0.25) is 0 Å². The Labute approximate surface area is 107 Å². The van der Waals surface area contributed by atoms with Crippen molar-refractivity contribution in [3.63, 3.8) is 0 Å². The standard InChI is InChI=1S/C13H20N4O/c14-13(15)16-7-10-3-1-2-4-11(10)8-17-6-5-12(18)9-17/h1-4,12,18H,5-9H2,(H4,14,15,16). The maximum absolute atomic E-state index is 9.53. The van der Waals surface area contributed by atoms with Crippen molar-refractivity contribution in [1.82, 2.24) is 4.90 Å². The third-order valence-corrected chi connectivity index (χ3v) is 3.19. The molecule has 0 aliphatic carbocycles. The van der Waals surface area contributed by atoms with Gasteiger partial charge in [-0.3, -0.25) is 4.90 Å². The molecule has 1 fully saturated rings. The third-order valence-electron chi connectivity index (χ3n) is 3.19. The Balaban J connectivity index is 2.05. The lowest BCUT2D eigenvalue weighted by Gasteiger charge is -2.17. The number of hydrogen-bond acceptors (Lipinski definition) is 3. The number of aliphatic hydroxyl groups excluding tert-OH is 1. The second-order valence-corrected chi connectivity index (χ2v) is 4.69. The van der Waals surface area contributed by atoms with E-state index in [9.17, 15) is 5.11 Å². The van der Waals surface area contributed by atoms with E-state index in [4.69, 9.17) is 11.5 Å². The third kappa shape index (κ3) is 3.45. The predicted molar refractivity (Wildman–Crippen MR) is 71.9 cm³/mol. The van der Waals surface area contributed by atoms with Crippen LogP contribution in [0.5, 0.6) is 0 Å². The van der Waals surface area contributed by atoms with Crippen LogP contribution in [-0.2, 0) is 13.1 Å². The van der Waals surface area contributed by atoms with E-state index in [-0.39, 0.29) is 12.1 Å².